The number of carbonyl (C=O) groups is 2. The number of aromatic hydroxyl groups is 2. The fourth-order valence-electron chi connectivity index (χ4n) is 4.20. The molecule has 3 aromatic rings. The number of rotatable bonds is 11. The van der Waals surface area contributed by atoms with Gasteiger partial charge in [0.25, 0.3) is 0 Å². The molecule has 1 atom stereocenters. The Balaban J connectivity index is 1.90. The summed E-state index contributed by atoms with van der Waals surface area (Å²) in [5, 5.41) is 22.4. The van der Waals surface area contributed by atoms with E-state index in [0.717, 1.165) is 11.1 Å². The van der Waals surface area contributed by atoms with Crippen molar-refractivity contribution in [2.45, 2.75) is 53.4 Å². The van der Waals surface area contributed by atoms with Gasteiger partial charge in [-0.1, -0.05) is 62.2 Å². The highest BCUT2D eigenvalue weighted by molar-refractivity contribution is 6.11. The van der Waals surface area contributed by atoms with Gasteiger partial charge < -0.3 is 19.4 Å². The Kier molecular flexibility index (Phi) is 9.66. The van der Waals surface area contributed by atoms with Crippen molar-refractivity contribution < 1.29 is 29.0 Å². The zero-order valence-corrected chi connectivity index (χ0v) is 22.2. The summed E-state index contributed by atoms with van der Waals surface area (Å²) in [6.07, 6.45) is 6.10. The zero-order valence-electron chi connectivity index (χ0n) is 22.2. The van der Waals surface area contributed by atoms with Gasteiger partial charge in [-0.05, 0) is 49.8 Å². The molecule has 1 aromatic heterocycles. The molecule has 0 saturated heterocycles. The molecule has 0 fully saturated rings. The third-order valence-corrected chi connectivity index (χ3v) is 6.08. The van der Waals surface area contributed by atoms with Crippen LogP contribution < -0.4 is 5.63 Å². The standard InChI is InChI=1S/C31H34O7/c1-5-9-22-17-26(34)38-31-27(22)29(35)23(14-12-19(2)3)30(36)28(31)24(32)16-20(4)18-37-25(33)15-13-21-10-7-6-8-11-21/h6-8,10-13,15,17,20,35-36H,5,9,14,16,18H2,1-4H3/b15-13+. The smallest absolute Gasteiger partial charge is 0.336 e. The van der Waals surface area contributed by atoms with E-state index in [4.69, 9.17) is 9.15 Å². The summed E-state index contributed by atoms with van der Waals surface area (Å²) in [5.41, 5.74) is 1.63. The largest absolute Gasteiger partial charge is 0.507 e. The molecule has 0 spiro atoms. The minimum atomic E-state index is -0.668. The van der Waals surface area contributed by atoms with E-state index in [2.05, 4.69) is 0 Å². The Labute approximate surface area is 222 Å². The zero-order chi connectivity index (χ0) is 27.8. The van der Waals surface area contributed by atoms with Crippen LogP contribution in [-0.4, -0.2) is 28.6 Å². The lowest BCUT2D eigenvalue weighted by molar-refractivity contribution is -0.138. The van der Waals surface area contributed by atoms with Crippen molar-refractivity contribution in [3.8, 4) is 11.5 Å². The molecular formula is C31H34O7. The Morgan fingerprint density at radius 1 is 1.11 bits per heavy atom. The number of carbonyl (C=O) groups excluding carboxylic acids is 2. The Morgan fingerprint density at radius 3 is 2.47 bits per heavy atom. The van der Waals surface area contributed by atoms with E-state index in [1.807, 2.05) is 57.2 Å². The molecule has 2 aromatic carbocycles. The van der Waals surface area contributed by atoms with Gasteiger partial charge >= 0.3 is 11.6 Å². The van der Waals surface area contributed by atoms with Crippen LogP contribution in [0.5, 0.6) is 11.5 Å². The lowest BCUT2D eigenvalue weighted by atomic mass is 9.91. The number of phenolic OH excluding ortho intramolecular Hbond substituents is 2. The molecule has 3 rings (SSSR count). The first-order valence-electron chi connectivity index (χ1n) is 12.7. The Morgan fingerprint density at radius 2 is 1.82 bits per heavy atom. The van der Waals surface area contributed by atoms with Gasteiger partial charge in [0.05, 0.1) is 12.0 Å². The van der Waals surface area contributed by atoms with Crippen molar-refractivity contribution in [2.75, 3.05) is 6.61 Å². The molecule has 7 heteroatoms. The number of Topliss-reactive ketones (excluding diaryl/α,β-unsaturated/α-hetero) is 1. The van der Waals surface area contributed by atoms with Crippen LogP contribution in [0.3, 0.4) is 0 Å². The summed E-state index contributed by atoms with van der Waals surface area (Å²) in [6, 6.07) is 10.6. The van der Waals surface area contributed by atoms with E-state index in [1.165, 1.54) is 12.1 Å². The number of hydrogen-bond donors (Lipinski definition) is 2. The normalized spacial score (nSPS) is 12.0. The lowest BCUT2D eigenvalue weighted by Crippen LogP contribution is -2.15. The maximum atomic E-state index is 13.5. The topological polar surface area (TPSA) is 114 Å². The molecule has 0 aliphatic rings. The number of phenols is 2. The van der Waals surface area contributed by atoms with Gasteiger partial charge in [0, 0.05) is 24.1 Å². The molecule has 0 aliphatic carbocycles. The van der Waals surface area contributed by atoms with E-state index in [0.29, 0.717) is 18.4 Å². The molecule has 1 unspecified atom stereocenters. The highest BCUT2D eigenvalue weighted by Crippen LogP contribution is 2.42. The monoisotopic (exact) mass is 518 g/mol. The van der Waals surface area contributed by atoms with Crippen LogP contribution in [-0.2, 0) is 22.4 Å². The average molecular weight is 519 g/mol. The van der Waals surface area contributed by atoms with E-state index in [-0.39, 0.29) is 53.2 Å². The van der Waals surface area contributed by atoms with Gasteiger partial charge in [0.15, 0.2) is 11.4 Å². The SMILES string of the molecule is CCCc1cc(=O)oc2c(C(=O)CC(C)COC(=O)/C=C/c3ccccc3)c(O)c(CC=C(C)C)c(O)c12. The minimum absolute atomic E-state index is 0.0177. The first-order valence-corrected chi connectivity index (χ1v) is 12.7. The third-order valence-electron chi connectivity index (χ3n) is 6.08. The Bertz CT molecular complexity index is 1420. The van der Waals surface area contributed by atoms with Crippen molar-refractivity contribution in [3.63, 3.8) is 0 Å². The van der Waals surface area contributed by atoms with Crippen LogP contribution in [0.25, 0.3) is 17.0 Å². The third kappa shape index (κ3) is 7.00. The first-order chi connectivity index (χ1) is 18.1. The van der Waals surface area contributed by atoms with Gasteiger partial charge in [-0.2, -0.15) is 0 Å². The second-order valence-electron chi connectivity index (χ2n) is 9.69. The first kappa shape index (κ1) is 28.4. The molecule has 0 radical (unpaired) electrons. The molecular weight excluding hydrogens is 484 g/mol. The number of ether oxygens (including phenoxy) is 1. The van der Waals surface area contributed by atoms with Crippen molar-refractivity contribution in [1.29, 1.82) is 0 Å². The van der Waals surface area contributed by atoms with E-state index in [1.54, 1.807) is 13.0 Å². The predicted octanol–water partition coefficient (Wildman–Crippen LogP) is 6.13. The second-order valence-corrected chi connectivity index (χ2v) is 9.69. The lowest BCUT2D eigenvalue weighted by Gasteiger charge is -2.17. The van der Waals surface area contributed by atoms with Crippen molar-refractivity contribution in [3.05, 3.63) is 86.8 Å². The number of fused-ring (bicyclic) bond motifs is 1. The summed E-state index contributed by atoms with van der Waals surface area (Å²) in [5.74, 6) is -2.02. The molecule has 7 nitrogen and oxygen atoms in total. The van der Waals surface area contributed by atoms with Crippen molar-refractivity contribution in [1.82, 2.24) is 0 Å². The number of allylic oxidation sites excluding steroid dienone is 2. The molecule has 0 saturated carbocycles. The Hall–Kier alpha value is -4.13. The minimum Gasteiger partial charge on any atom is -0.507 e. The van der Waals surface area contributed by atoms with Gasteiger partial charge in [0.1, 0.15) is 17.1 Å². The summed E-state index contributed by atoms with van der Waals surface area (Å²) in [6.45, 7) is 7.44. The molecule has 0 amide bonds. The van der Waals surface area contributed by atoms with E-state index >= 15 is 0 Å². The van der Waals surface area contributed by atoms with Crippen LogP contribution in [0.2, 0.25) is 0 Å². The molecule has 2 N–H and O–H groups in total. The van der Waals surface area contributed by atoms with E-state index < -0.39 is 23.1 Å². The number of esters is 1. The van der Waals surface area contributed by atoms with Gasteiger partial charge in [-0.15, -0.1) is 0 Å². The van der Waals surface area contributed by atoms with Crippen LogP contribution in [0.15, 0.2) is 63.3 Å². The summed E-state index contributed by atoms with van der Waals surface area (Å²) >= 11 is 0. The van der Waals surface area contributed by atoms with Crippen molar-refractivity contribution >= 4 is 28.8 Å². The molecule has 1 heterocycles. The maximum absolute atomic E-state index is 13.5. The van der Waals surface area contributed by atoms with Crippen LogP contribution in [0.1, 0.15) is 67.6 Å². The summed E-state index contributed by atoms with van der Waals surface area (Å²) in [7, 11) is 0. The fraction of sp³-hybridized carbons (Fsp3) is 0.323. The number of benzene rings is 2. The summed E-state index contributed by atoms with van der Waals surface area (Å²) < 4.78 is 10.7. The van der Waals surface area contributed by atoms with E-state index in [9.17, 15) is 24.6 Å². The quantitative estimate of drug-likeness (QED) is 0.103. The van der Waals surface area contributed by atoms with Crippen LogP contribution in [0, 0.1) is 5.92 Å². The van der Waals surface area contributed by atoms with Crippen molar-refractivity contribution in [2.24, 2.45) is 5.92 Å². The predicted molar refractivity (Wildman–Crippen MR) is 147 cm³/mol. The second kappa shape index (κ2) is 12.9. The number of hydrogen-bond acceptors (Lipinski definition) is 7. The maximum Gasteiger partial charge on any atom is 0.336 e. The fourth-order valence-corrected chi connectivity index (χ4v) is 4.20. The van der Waals surface area contributed by atoms with Gasteiger partial charge in [-0.3, -0.25) is 4.79 Å². The number of ketones is 1. The molecule has 38 heavy (non-hydrogen) atoms. The average Bonchev–Trinajstić information content (AvgIpc) is 2.86. The van der Waals surface area contributed by atoms with Crippen LogP contribution >= 0.6 is 0 Å². The van der Waals surface area contributed by atoms with Crippen LogP contribution in [0.4, 0.5) is 0 Å². The summed E-state index contributed by atoms with van der Waals surface area (Å²) in [4.78, 5) is 37.9. The number of aryl methyl sites for hydroxylation is 1. The van der Waals surface area contributed by atoms with Gasteiger partial charge in [-0.25, -0.2) is 9.59 Å². The van der Waals surface area contributed by atoms with Gasteiger partial charge in [0.2, 0.25) is 0 Å². The highest BCUT2D eigenvalue weighted by atomic mass is 16.5. The molecule has 200 valence electrons. The molecule has 0 aliphatic heterocycles. The highest BCUT2D eigenvalue weighted by Gasteiger charge is 2.27. The molecule has 0 bridgehead atoms.